The molecule has 3 aromatic rings. The summed E-state index contributed by atoms with van der Waals surface area (Å²) in [5, 5.41) is 0.431. The number of nitrogens with two attached hydrogens (primary N) is 1. The Bertz CT molecular complexity index is 1490. The van der Waals surface area contributed by atoms with E-state index in [2.05, 4.69) is 30.7 Å². The summed E-state index contributed by atoms with van der Waals surface area (Å²) in [6.07, 6.45) is 1.70. The predicted molar refractivity (Wildman–Crippen MR) is 167 cm³/mol. The third-order valence-corrected chi connectivity index (χ3v) is 7.02. The lowest BCUT2D eigenvalue weighted by Gasteiger charge is -2.32. The summed E-state index contributed by atoms with van der Waals surface area (Å²) >= 11 is 6.62. The third-order valence-electron chi connectivity index (χ3n) is 6.69. The van der Waals surface area contributed by atoms with Crippen molar-refractivity contribution in [1.82, 2.24) is 14.8 Å². The number of guanidine groups is 1. The van der Waals surface area contributed by atoms with Crippen LogP contribution in [0.5, 0.6) is 5.75 Å². The van der Waals surface area contributed by atoms with Gasteiger partial charge in [-0.05, 0) is 60.2 Å². The van der Waals surface area contributed by atoms with Crippen LogP contribution in [0, 0.1) is 18.2 Å². The monoisotopic (exact) mass is 611 g/mol. The zero-order valence-corrected chi connectivity index (χ0v) is 26.4. The van der Waals surface area contributed by atoms with Gasteiger partial charge in [0.05, 0.1) is 24.4 Å². The molecule has 230 valence electrons. The first-order valence-corrected chi connectivity index (χ1v) is 14.1. The van der Waals surface area contributed by atoms with Crippen molar-refractivity contribution in [2.75, 3.05) is 34.4 Å². The number of nitrogens with zero attached hydrogens (tertiary/aromatic N) is 4. The van der Waals surface area contributed by atoms with E-state index in [9.17, 15) is 9.59 Å². The van der Waals surface area contributed by atoms with Gasteiger partial charge in [-0.3, -0.25) is 19.7 Å². The van der Waals surface area contributed by atoms with Crippen LogP contribution in [0.1, 0.15) is 54.7 Å². The number of ether oxygens (including phenoxy) is 2. The largest absolute Gasteiger partial charge is 0.497 e. The third kappa shape index (κ3) is 8.67. The van der Waals surface area contributed by atoms with Gasteiger partial charge in [0.15, 0.2) is 5.96 Å². The fourth-order valence-corrected chi connectivity index (χ4v) is 4.42. The maximum absolute atomic E-state index is 15.3. The van der Waals surface area contributed by atoms with Crippen molar-refractivity contribution in [3.05, 3.63) is 82.3 Å². The first kappa shape index (κ1) is 33.3. The van der Waals surface area contributed by atoms with E-state index in [1.807, 2.05) is 19.1 Å². The summed E-state index contributed by atoms with van der Waals surface area (Å²) in [5.74, 6) is -1.48. The molecule has 11 heteroatoms. The fraction of sp³-hybridized carbons (Fsp3) is 0.375. The summed E-state index contributed by atoms with van der Waals surface area (Å²) in [7, 11) is 4.48. The van der Waals surface area contributed by atoms with Crippen LogP contribution in [0.2, 0.25) is 5.02 Å². The maximum Gasteiger partial charge on any atom is 0.409 e. The Morgan fingerprint density at radius 2 is 1.86 bits per heavy atom. The van der Waals surface area contributed by atoms with Crippen LogP contribution in [0.15, 0.2) is 59.7 Å². The van der Waals surface area contributed by atoms with Crippen LogP contribution in [0.4, 0.5) is 9.18 Å². The van der Waals surface area contributed by atoms with Gasteiger partial charge in [-0.25, -0.2) is 9.18 Å². The molecule has 1 aromatic heterocycles. The Hall–Kier alpha value is -4.18. The number of rotatable bonds is 9. The van der Waals surface area contributed by atoms with E-state index in [1.165, 1.54) is 24.1 Å². The van der Waals surface area contributed by atoms with Crippen molar-refractivity contribution in [2.45, 2.75) is 40.2 Å². The molecule has 2 amide bonds. The average Bonchev–Trinajstić information content (AvgIpc) is 2.94. The van der Waals surface area contributed by atoms with E-state index in [1.54, 1.807) is 38.5 Å². The number of hydrogen-bond donors (Lipinski definition) is 1. The molecule has 2 aromatic carbocycles. The molecule has 0 spiro atoms. The van der Waals surface area contributed by atoms with E-state index >= 15 is 4.39 Å². The van der Waals surface area contributed by atoms with Gasteiger partial charge in [0.2, 0.25) is 0 Å². The molecule has 0 aliphatic heterocycles. The van der Waals surface area contributed by atoms with Crippen molar-refractivity contribution >= 4 is 29.6 Å². The average molecular weight is 612 g/mol. The highest BCUT2D eigenvalue weighted by Gasteiger charge is 2.33. The molecule has 0 radical (unpaired) electrons. The SMILES string of the molecule is COc1ccc(C(=O)N(C(N)=NCCC(C)(C)C)[C@H](COC(=O)N(C)C)c2ccc(Cl)c(-c3ncccc3C)c2)c(F)c1. The van der Waals surface area contributed by atoms with E-state index in [0.29, 0.717) is 34.8 Å². The topological polar surface area (TPSA) is 110 Å². The van der Waals surface area contributed by atoms with Gasteiger partial charge >= 0.3 is 6.09 Å². The zero-order chi connectivity index (χ0) is 31.9. The molecular weight excluding hydrogens is 573 g/mol. The number of pyridine rings is 1. The lowest BCUT2D eigenvalue weighted by atomic mass is 9.92. The Labute approximate surface area is 257 Å². The molecule has 0 fully saturated rings. The number of benzene rings is 2. The van der Waals surface area contributed by atoms with Gasteiger partial charge in [-0.2, -0.15) is 0 Å². The summed E-state index contributed by atoms with van der Waals surface area (Å²) in [5.41, 5.74) is 8.86. The van der Waals surface area contributed by atoms with Gasteiger partial charge in [0.1, 0.15) is 18.2 Å². The summed E-state index contributed by atoms with van der Waals surface area (Å²) < 4.78 is 26.0. The fourth-order valence-electron chi connectivity index (χ4n) is 4.21. The molecule has 1 heterocycles. The second-order valence-electron chi connectivity index (χ2n) is 11.5. The van der Waals surface area contributed by atoms with E-state index in [4.69, 9.17) is 26.8 Å². The smallest absolute Gasteiger partial charge is 0.409 e. The number of aromatic nitrogens is 1. The molecule has 0 unspecified atom stereocenters. The van der Waals surface area contributed by atoms with Gasteiger partial charge in [-0.1, -0.05) is 44.5 Å². The molecule has 43 heavy (non-hydrogen) atoms. The molecule has 1 atom stereocenters. The summed E-state index contributed by atoms with van der Waals surface area (Å²) in [6.45, 7) is 8.10. The summed E-state index contributed by atoms with van der Waals surface area (Å²) in [4.78, 5) is 38.1. The highest BCUT2D eigenvalue weighted by Crippen LogP contribution is 2.34. The van der Waals surface area contributed by atoms with Crippen molar-refractivity contribution in [3.8, 4) is 17.0 Å². The number of halogens is 2. The lowest BCUT2D eigenvalue weighted by Crippen LogP contribution is -2.47. The minimum Gasteiger partial charge on any atom is -0.497 e. The van der Waals surface area contributed by atoms with Gasteiger partial charge in [-0.15, -0.1) is 0 Å². The molecule has 2 N–H and O–H groups in total. The molecule has 0 aliphatic rings. The van der Waals surface area contributed by atoms with Crippen molar-refractivity contribution in [3.63, 3.8) is 0 Å². The second-order valence-corrected chi connectivity index (χ2v) is 11.9. The highest BCUT2D eigenvalue weighted by molar-refractivity contribution is 6.33. The predicted octanol–water partition coefficient (Wildman–Crippen LogP) is 6.49. The number of amides is 2. The van der Waals surface area contributed by atoms with Crippen LogP contribution >= 0.6 is 11.6 Å². The Balaban J connectivity index is 2.22. The molecule has 0 saturated heterocycles. The van der Waals surface area contributed by atoms with Crippen LogP contribution in [0.3, 0.4) is 0 Å². The quantitative estimate of drug-likeness (QED) is 0.219. The molecular formula is C32H39ClFN5O4. The van der Waals surface area contributed by atoms with Gasteiger partial charge in [0, 0.05) is 43.5 Å². The number of aliphatic imine (C=N–C) groups is 1. The minimum atomic E-state index is -1.00. The number of methoxy groups -OCH3 is 1. The molecule has 3 rings (SSSR count). The minimum absolute atomic E-state index is 0.0486. The number of carbonyl (C=O) groups is 2. The number of carbonyl (C=O) groups excluding carboxylic acids is 2. The van der Waals surface area contributed by atoms with E-state index in [0.717, 1.165) is 16.5 Å². The maximum atomic E-state index is 15.3. The zero-order valence-electron chi connectivity index (χ0n) is 25.6. The first-order valence-electron chi connectivity index (χ1n) is 13.8. The van der Waals surface area contributed by atoms with Crippen molar-refractivity contribution in [1.29, 1.82) is 0 Å². The van der Waals surface area contributed by atoms with Gasteiger partial charge in [0.25, 0.3) is 5.91 Å². The number of hydrogen-bond acceptors (Lipinski definition) is 6. The molecule has 0 aliphatic carbocycles. The Morgan fingerprint density at radius 1 is 1.14 bits per heavy atom. The van der Waals surface area contributed by atoms with Crippen LogP contribution in [-0.2, 0) is 4.74 Å². The van der Waals surface area contributed by atoms with Gasteiger partial charge < -0.3 is 20.1 Å². The van der Waals surface area contributed by atoms with Crippen LogP contribution in [-0.4, -0.2) is 67.1 Å². The van der Waals surface area contributed by atoms with Crippen molar-refractivity contribution < 1.29 is 23.5 Å². The Kier molecular flexibility index (Phi) is 11.1. The Morgan fingerprint density at radius 3 is 2.47 bits per heavy atom. The van der Waals surface area contributed by atoms with E-state index in [-0.39, 0.29) is 29.3 Å². The molecule has 0 bridgehead atoms. The van der Waals surface area contributed by atoms with E-state index < -0.39 is 23.9 Å². The lowest BCUT2D eigenvalue weighted by molar-refractivity contribution is 0.0656. The van der Waals surface area contributed by atoms with Crippen LogP contribution in [0.25, 0.3) is 11.3 Å². The normalized spacial score (nSPS) is 12.4. The first-order chi connectivity index (χ1) is 20.2. The van der Waals surface area contributed by atoms with Crippen molar-refractivity contribution in [2.24, 2.45) is 16.1 Å². The van der Waals surface area contributed by atoms with Crippen LogP contribution < -0.4 is 10.5 Å². The molecule has 0 saturated carbocycles. The standard InChI is InChI=1S/C32H39ClFN5O4/c1-20-9-8-15-36-28(20)24-17-21(10-13-25(24)33)27(19-43-31(41)38(5)6)39(30(35)37-16-14-32(2,3)4)29(40)23-12-11-22(42-7)18-26(23)34/h8-13,15,17-18,27H,14,16,19H2,1-7H3,(H2,35,37)/t27-/m1/s1. The molecule has 9 nitrogen and oxygen atoms in total. The second kappa shape index (κ2) is 14.3. The highest BCUT2D eigenvalue weighted by atomic mass is 35.5. The summed E-state index contributed by atoms with van der Waals surface area (Å²) in [6, 6.07) is 11.8. The number of aryl methyl sites for hydroxylation is 1.